The average molecular weight is 228 g/mol. The second-order valence-electron chi connectivity index (χ2n) is 6.77. The topological polar surface area (TPSA) is 38.5 Å². The van der Waals surface area contributed by atoms with E-state index in [0.29, 0.717) is 0 Å². The standard InChI is InChI=1S/C13H28N2O/c1-7-13(6,14)10-15-8-11(2,3)16-12(4,5)9-15/h7-10,14H2,1-6H3. The van der Waals surface area contributed by atoms with Crippen molar-refractivity contribution in [2.24, 2.45) is 5.73 Å². The van der Waals surface area contributed by atoms with Crippen LogP contribution in [-0.4, -0.2) is 41.3 Å². The molecule has 0 amide bonds. The molecule has 3 heteroatoms. The lowest BCUT2D eigenvalue weighted by molar-refractivity contribution is -0.182. The lowest BCUT2D eigenvalue weighted by Gasteiger charge is -2.48. The maximum atomic E-state index is 6.24. The van der Waals surface area contributed by atoms with Crippen LogP contribution in [0.15, 0.2) is 0 Å². The molecule has 1 aliphatic heterocycles. The maximum Gasteiger partial charge on any atom is 0.0760 e. The van der Waals surface area contributed by atoms with Crippen molar-refractivity contribution >= 4 is 0 Å². The van der Waals surface area contributed by atoms with Crippen molar-refractivity contribution in [1.82, 2.24) is 4.90 Å². The van der Waals surface area contributed by atoms with E-state index in [4.69, 9.17) is 10.5 Å². The van der Waals surface area contributed by atoms with Crippen LogP contribution in [0.3, 0.4) is 0 Å². The van der Waals surface area contributed by atoms with Crippen molar-refractivity contribution in [2.75, 3.05) is 19.6 Å². The molecule has 1 heterocycles. The first-order valence-electron chi connectivity index (χ1n) is 6.27. The third kappa shape index (κ3) is 4.04. The Hall–Kier alpha value is -0.120. The summed E-state index contributed by atoms with van der Waals surface area (Å²) in [6.45, 7) is 15.8. The molecular weight excluding hydrogens is 200 g/mol. The van der Waals surface area contributed by atoms with E-state index in [0.717, 1.165) is 26.1 Å². The van der Waals surface area contributed by atoms with Crippen molar-refractivity contribution in [1.29, 1.82) is 0 Å². The van der Waals surface area contributed by atoms with E-state index in [-0.39, 0.29) is 16.7 Å². The summed E-state index contributed by atoms with van der Waals surface area (Å²) in [5.41, 5.74) is 5.99. The molecule has 1 unspecified atom stereocenters. The van der Waals surface area contributed by atoms with Crippen LogP contribution in [-0.2, 0) is 4.74 Å². The van der Waals surface area contributed by atoms with Crippen LogP contribution in [0.2, 0.25) is 0 Å². The Morgan fingerprint density at radius 1 is 1.19 bits per heavy atom. The Bertz CT molecular complexity index is 230. The second kappa shape index (κ2) is 4.28. The van der Waals surface area contributed by atoms with Gasteiger partial charge in [0.05, 0.1) is 11.2 Å². The van der Waals surface area contributed by atoms with Gasteiger partial charge >= 0.3 is 0 Å². The summed E-state index contributed by atoms with van der Waals surface area (Å²) in [5.74, 6) is 0. The van der Waals surface area contributed by atoms with E-state index in [9.17, 15) is 0 Å². The monoisotopic (exact) mass is 228 g/mol. The summed E-state index contributed by atoms with van der Waals surface area (Å²) < 4.78 is 6.06. The van der Waals surface area contributed by atoms with E-state index in [2.05, 4.69) is 46.4 Å². The molecule has 1 saturated heterocycles. The Morgan fingerprint density at radius 2 is 1.62 bits per heavy atom. The van der Waals surface area contributed by atoms with Crippen LogP contribution >= 0.6 is 0 Å². The second-order valence-corrected chi connectivity index (χ2v) is 6.77. The fourth-order valence-electron chi connectivity index (χ4n) is 2.68. The number of rotatable bonds is 3. The molecule has 0 saturated carbocycles. The molecule has 3 nitrogen and oxygen atoms in total. The summed E-state index contributed by atoms with van der Waals surface area (Å²) in [6, 6.07) is 0. The van der Waals surface area contributed by atoms with Gasteiger partial charge in [-0.05, 0) is 41.0 Å². The van der Waals surface area contributed by atoms with Gasteiger partial charge in [0.15, 0.2) is 0 Å². The molecule has 0 spiro atoms. The number of hydrogen-bond donors (Lipinski definition) is 1. The molecule has 16 heavy (non-hydrogen) atoms. The zero-order valence-corrected chi connectivity index (χ0v) is 11.8. The molecule has 0 aliphatic carbocycles. The third-order valence-electron chi connectivity index (χ3n) is 3.15. The van der Waals surface area contributed by atoms with Gasteiger partial charge in [-0.25, -0.2) is 0 Å². The minimum absolute atomic E-state index is 0.0778. The molecule has 1 aliphatic rings. The number of ether oxygens (including phenoxy) is 1. The van der Waals surface area contributed by atoms with Crippen LogP contribution in [0.1, 0.15) is 48.0 Å². The molecule has 0 aromatic carbocycles. The largest absolute Gasteiger partial charge is 0.367 e. The zero-order chi connectivity index (χ0) is 12.6. The fraction of sp³-hybridized carbons (Fsp3) is 1.00. The fourth-order valence-corrected chi connectivity index (χ4v) is 2.68. The molecular formula is C13H28N2O. The lowest BCUT2D eigenvalue weighted by atomic mass is 9.94. The van der Waals surface area contributed by atoms with Crippen LogP contribution in [0.25, 0.3) is 0 Å². The quantitative estimate of drug-likeness (QED) is 0.803. The van der Waals surface area contributed by atoms with Gasteiger partial charge in [0.25, 0.3) is 0 Å². The van der Waals surface area contributed by atoms with Gasteiger partial charge in [-0.2, -0.15) is 0 Å². The minimum Gasteiger partial charge on any atom is -0.367 e. The lowest BCUT2D eigenvalue weighted by Crippen LogP contribution is -2.60. The number of nitrogens with two attached hydrogens (primary N) is 1. The van der Waals surface area contributed by atoms with Gasteiger partial charge in [-0.1, -0.05) is 6.92 Å². The summed E-state index contributed by atoms with van der Waals surface area (Å²) in [5, 5.41) is 0. The SMILES string of the molecule is CCC(C)(N)CN1CC(C)(C)OC(C)(C)C1. The van der Waals surface area contributed by atoms with E-state index in [1.165, 1.54) is 0 Å². The number of nitrogens with zero attached hydrogens (tertiary/aromatic N) is 1. The first-order chi connectivity index (χ1) is 7.05. The molecule has 0 aromatic rings. The van der Waals surface area contributed by atoms with Gasteiger partial charge in [0.2, 0.25) is 0 Å². The molecule has 0 bridgehead atoms. The molecule has 1 atom stereocenters. The highest BCUT2D eigenvalue weighted by Crippen LogP contribution is 2.28. The molecule has 0 radical (unpaired) electrons. The van der Waals surface area contributed by atoms with Crippen LogP contribution in [0.5, 0.6) is 0 Å². The van der Waals surface area contributed by atoms with E-state index >= 15 is 0 Å². The first-order valence-corrected chi connectivity index (χ1v) is 6.27. The molecule has 1 rings (SSSR count). The van der Waals surface area contributed by atoms with Crippen molar-refractivity contribution in [3.8, 4) is 0 Å². The summed E-state index contributed by atoms with van der Waals surface area (Å²) >= 11 is 0. The third-order valence-corrected chi connectivity index (χ3v) is 3.15. The van der Waals surface area contributed by atoms with Crippen molar-refractivity contribution < 1.29 is 4.74 Å². The average Bonchev–Trinajstić information content (AvgIpc) is 1.96. The summed E-state index contributed by atoms with van der Waals surface area (Å²) in [4.78, 5) is 2.44. The molecule has 1 fully saturated rings. The van der Waals surface area contributed by atoms with Gasteiger partial charge in [0.1, 0.15) is 0 Å². The Kier molecular flexibility index (Phi) is 3.73. The van der Waals surface area contributed by atoms with Crippen molar-refractivity contribution in [2.45, 2.75) is 64.7 Å². The molecule has 0 aromatic heterocycles. The van der Waals surface area contributed by atoms with Crippen LogP contribution < -0.4 is 5.73 Å². The van der Waals surface area contributed by atoms with Crippen LogP contribution in [0.4, 0.5) is 0 Å². The van der Waals surface area contributed by atoms with E-state index < -0.39 is 0 Å². The predicted molar refractivity (Wildman–Crippen MR) is 68.6 cm³/mol. The summed E-state index contributed by atoms with van der Waals surface area (Å²) in [6.07, 6.45) is 1.01. The smallest absolute Gasteiger partial charge is 0.0760 e. The predicted octanol–water partition coefficient (Wildman–Crippen LogP) is 2.00. The minimum atomic E-state index is -0.0937. The van der Waals surface area contributed by atoms with Gasteiger partial charge in [-0.15, -0.1) is 0 Å². The molecule has 2 N–H and O–H groups in total. The maximum absolute atomic E-state index is 6.24. The number of hydrogen-bond acceptors (Lipinski definition) is 3. The Morgan fingerprint density at radius 3 is 2.00 bits per heavy atom. The van der Waals surface area contributed by atoms with E-state index in [1.54, 1.807) is 0 Å². The highest BCUT2D eigenvalue weighted by molar-refractivity contribution is 4.92. The normalized spacial score (nSPS) is 28.7. The van der Waals surface area contributed by atoms with Gasteiger partial charge in [0, 0.05) is 25.2 Å². The van der Waals surface area contributed by atoms with Crippen molar-refractivity contribution in [3.63, 3.8) is 0 Å². The van der Waals surface area contributed by atoms with Gasteiger partial charge in [-0.3, -0.25) is 4.90 Å². The highest BCUT2D eigenvalue weighted by Gasteiger charge is 2.39. The van der Waals surface area contributed by atoms with Crippen LogP contribution in [0, 0.1) is 0 Å². The number of morpholine rings is 1. The van der Waals surface area contributed by atoms with Gasteiger partial charge < -0.3 is 10.5 Å². The Balaban J connectivity index is 2.68. The van der Waals surface area contributed by atoms with E-state index in [1.807, 2.05) is 0 Å². The Labute approximate surface area is 100 Å². The molecule has 96 valence electrons. The van der Waals surface area contributed by atoms with Crippen molar-refractivity contribution in [3.05, 3.63) is 0 Å². The highest BCUT2D eigenvalue weighted by atomic mass is 16.5. The zero-order valence-electron chi connectivity index (χ0n) is 11.8. The first kappa shape index (κ1) is 13.9. The summed E-state index contributed by atoms with van der Waals surface area (Å²) in [7, 11) is 0.